The van der Waals surface area contributed by atoms with Crippen LogP contribution in [0.3, 0.4) is 0 Å². The summed E-state index contributed by atoms with van der Waals surface area (Å²) < 4.78 is 26.4. The van der Waals surface area contributed by atoms with E-state index in [0.29, 0.717) is 12.2 Å². The van der Waals surface area contributed by atoms with Gasteiger partial charge in [-0.05, 0) is 57.4 Å². The van der Waals surface area contributed by atoms with Crippen LogP contribution in [0, 0.1) is 20.8 Å². The molecular formula is C24H33N3O4S. The van der Waals surface area contributed by atoms with Crippen molar-refractivity contribution in [3.63, 3.8) is 0 Å². The number of aryl methyl sites for hydroxylation is 2. The van der Waals surface area contributed by atoms with Gasteiger partial charge in [0.25, 0.3) is 0 Å². The topological polar surface area (TPSA) is 86.8 Å². The van der Waals surface area contributed by atoms with E-state index in [2.05, 4.69) is 5.32 Å². The first kappa shape index (κ1) is 25.4. The normalized spacial score (nSPS) is 12.2. The molecule has 0 saturated carbocycles. The Morgan fingerprint density at radius 1 is 1.03 bits per heavy atom. The summed E-state index contributed by atoms with van der Waals surface area (Å²) in [7, 11) is -3.74. The molecule has 2 aromatic carbocycles. The van der Waals surface area contributed by atoms with Crippen molar-refractivity contribution in [3.05, 3.63) is 64.7 Å². The third-order valence-electron chi connectivity index (χ3n) is 5.52. The predicted molar refractivity (Wildman–Crippen MR) is 128 cm³/mol. The van der Waals surface area contributed by atoms with Crippen molar-refractivity contribution in [3.8, 4) is 0 Å². The van der Waals surface area contributed by atoms with Crippen molar-refractivity contribution in [2.75, 3.05) is 23.7 Å². The van der Waals surface area contributed by atoms with Crippen molar-refractivity contribution < 1.29 is 18.0 Å². The minimum atomic E-state index is -3.74. The smallest absolute Gasteiger partial charge is 0.244 e. The molecule has 0 aliphatic carbocycles. The maximum Gasteiger partial charge on any atom is 0.244 e. The van der Waals surface area contributed by atoms with Crippen LogP contribution < -0.4 is 9.62 Å². The first-order valence-electron chi connectivity index (χ1n) is 10.6. The lowest BCUT2D eigenvalue weighted by molar-refractivity contribution is -0.139. The second-order valence-electron chi connectivity index (χ2n) is 8.07. The van der Waals surface area contributed by atoms with Gasteiger partial charge in [0, 0.05) is 13.1 Å². The maximum absolute atomic E-state index is 13.4. The molecule has 0 spiro atoms. The molecular weight excluding hydrogens is 426 g/mol. The number of likely N-dealkylation sites (N-methyl/N-ethyl adjacent to an activating group) is 1. The molecule has 0 aromatic heterocycles. The summed E-state index contributed by atoms with van der Waals surface area (Å²) in [5.74, 6) is -0.735. The quantitative estimate of drug-likeness (QED) is 0.625. The number of benzene rings is 2. The number of nitrogens with zero attached hydrogens (tertiary/aromatic N) is 2. The molecule has 0 aliphatic heterocycles. The Balaban J connectivity index is 2.42. The second kappa shape index (κ2) is 10.6. The van der Waals surface area contributed by atoms with Gasteiger partial charge < -0.3 is 10.2 Å². The highest BCUT2D eigenvalue weighted by molar-refractivity contribution is 7.92. The third-order valence-corrected chi connectivity index (χ3v) is 6.64. The Morgan fingerprint density at radius 3 is 2.22 bits per heavy atom. The molecule has 0 aliphatic rings. The molecule has 1 N–H and O–H groups in total. The summed E-state index contributed by atoms with van der Waals surface area (Å²) in [6, 6.07) is 12.3. The van der Waals surface area contributed by atoms with E-state index in [4.69, 9.17) is 0 Å². The van der Waals surface area contributed by atoms with Crippen LogP contribution in [0.2, 0.25) is 0 Å². The van der Waals surface area contributed by atoms with Gasteiger partial charge in [0.05, 0.1) is 11.9 Å². The summed E-state index contributed by atoms with van der Waals surface area (Å²) in [6.45, 7) is 9.39. The molecule has 2 aromatic rings. The molecule has 0 radical (unpaired) electrons. The zero-order valence-corrected chi connectivity index (χ0v) is 20.5. The van der Waals surface area contributed by atoms with Crippen molar-refractivity contribution in [2.24, 2.45) is 0 Å². The number of nitrogens with one attached hydrogen (secondary N) is 1. The largest absolute Gasteiger partial charge is 0.355 e. The van der Waals surface area contributed by atoms with E-state index in [0.717, 1.165) is 32.8 Å². The first-order chi connectivity index (χ1) is 15.0. The average molecular weight is 460 g/mol. The number of amides is 2. The van der Waals surface area contributed by atoms with Crippen LogP contribution in [-0.2, 0) is 26.2 Å². The molecule has 2 rings (SSSR count). The molecule has 2 amide bonds. The summed E-state index contributed by atoms with van der Waals surface area (Å²) in [5.41, 5.74) is 4.12. The Labute approximate surface area is 191 Å². The van der Waals surface area contributed by atoms with Crippen LogP contribution in [0.25, 0.3) is 0 Å². The Bertz CT molecular complexity index is 1070. The van der Waals surface area contributed by atoms with Gasteiger partial charge in [-0.2, -0.15) is 0 Å². The number of sulfonamides is 1. The lowest BCUT2D eigenvalue weighted by atomic mass is 10.1. The van der Waals surface area contributed by atoms with E-state index < -0.39 is 28.5 Å². The van der Waals surface area contributed by atoms with E-state index in [1.54, 1.807) is 19.1 Å². The molecule has 174 valence electrons. The fraction of sp³-hybridized carbons (Fsp3) is 0.417. The van der Waals surface area contributed by atoms with Crippen LogP contribution in [0.4, 0.5) is 5.69 Å². The van der Waals surface area contributed by atoms with Crippen molar-refractivity contribution in [2.45, 2.75) is 47.2 Å². The van der Waals surface area contributed by atoms with Gasteiger partial charge in [-0.3, -0.25) is 13.9 Å². The molecule has 0 saturated heterocycles. The average Bonchev–Trinajstić information content (AvgIpc) is 2.72. The number of rotatable bonds is 9. The molecule has 8 heteroatoms. The van der Waals surface area contributed by atoms with Crippen LogP contribution in [0.15, 0.2) is 42.5 Å². The molecule has 32 heavy (non-hydrogen) atoms. The molecule has 0 fully saturated rings. The number of hydrogen-bond acceptors (Lipinski definition) is 4. The zero-order chi connectivity index (χ0) is 24.1. The standard InChI is InChI=1S/C24H33N3O4S/c1-7-25-24(29)20(5)26(15-21-13-11-17(2)12-14-21)23(28)16-27(32(6,30)31)22-10-8-9-18(3)19(22)4/h8-14,20H,7,15-16H2,1-6H3,(H,25,29)/t20-/m1/s1. The number of anilines is 1. The van der Waals surface area contributed by atoms with Gasteiger partial charge in [0.1, 0.15) is 12.6 Å². The van der Waals surface area contributed by atoms with Gasteiger partial charge in [0.2, 0.25) is 21.8 Å². The van der Waals surface area contributed by atoms with Gasteiger partial charge in [-0.1, -0.05) is 42.0 Å². The maximum atomic E-state index is 13.4. The van der Waals surface area contributed by atoms with Gasteiger partial charge in [0.15, 0.2) is 0 Å². The highest BCUT2D eigenvalue weighted by Gasteiger charge is 2.30. The number of hydrogen-bond donors (Lipinski definition) is 1. The predicted octanol–water partition coefficient (Wildman–Crippen LogP) is 2.93. The van der Waals surface area contributed by atoms with Crippen molar-refractivity contribution >= 4 is 27.5 Å². The highest BCUT2D eigenvalue weighted by Crippen LogP contribution is 2.25. The Hall–Kier alpha value is -2.87. The zero-order valence-electron chi connectivity index (χ0n) is 19.7. The fourth-order valence-corrected chi connectivity index (χ4v) is 4.30. The molecule has 7 nitrogen and oxygen atoms in total. The SMILES string of the molecule is CCNC(=O)[C@@H](C)N(Cc1ccc(C)cc1)C(=O)CN(c1cccc(C)c1C)S(C)(=O)=O. The Morgan fingerprint density at radius 2 is 1.66 bits per heavy atom. The highest BCUT2D eigenvalue weighted by atomic mass is 32.2. The first-order valence-corrected chi connectivity index (χ1v) is 12.5. The van der Waals surface area contributed by atoms with E-state index >= 15 is 0 Å². The van der Waals surface area contributed by atoms with Gasteiger partial charge >= 0.3 is 0 Å². The lowest BCUT2D eigenvalue weighted by Crippen LogP contribution is -2.51. The number of carbonyl (C=O) groups excluding carboxylic acids is 2. The van der Waals surface area contributed by atoms with Crippen LogP contribution in [0.5, 0.6) is 0 Å². The molecule has 0 heterocycles. The Kier molecular flexibility index (Phi) is 8.44. The second-order valence-corrected chi connectivity index (χ2v) is 9.97. The molecule has 0 unspecified atom stereocenters. The minimum absolute atomic E-state index is 0.196. The summed E-state index contributed by atoms with van der Waals surface area (Å²) in [5, 5.41) is 2.74. The lowest BCUT2D eigenvalue weighted by Gasteiger charge is -2.32. The van der Waals surface area contributed by atoms with E-state index in [1.807, 2.05) is 58.0 Å². The third kappa shape index (κ3) is 6.32. The molecule has 1 atom stereocenters. The monoisotopic (exact) mass is 459 g/mol. The van der Waals surface area contributed by atoms with Crippen LogP contribution in [-0.4, -0.2) is 50.5 Å². The summed E-state index contributed by atoms with van der Waals surface area (Å²) in [6.07, 6.45) is 1.08. The van der Waals surface area contributed by atoms with Crippen molar-refractivity contribution in [1.29, 1.82) is 0 Å². The number of carbonyl (C=O) groups is 2. The minimum Gasteiger partial charge on any atom is -0.355 e. The van der Waals surface area contributed by atoms with Crippen LogP contribution in [0.1, 0.15) is 36.1 Å². The fourth-order valence-electron chi connectivity index (χ4n) is 3.40. The van der Waals surface area contributed by atoms with Crippen molar-refractivity contribution in [1.82, 2.24) is 10.2 Å². The molecule has 0 bridgehead atoms. The van der Waals surface area contributed by atoms with Crippen LogP contribution >= 0.6 is 0 Å². The van der Waals surface area contributed by atoms with E-state index in [9.17, 15) is 18.0 Å². The van der Waals surface area contributed by atoms with Gasteiger partial charge in [-0.15, -0.1) is 0 Å². The van der Waals surface area contributed by atoms with Gasteiger partial charge in [-0.25, -0.2) is 8.42 Å². The summed E-state index contributed by atoms with van der Waals surface area (Å²) in [4.78, 5) is 27.4. The van der Waals surface area contributed by atoms with E-state index in [1.165, 1.54) is 4.90 Å². The van der Waals surface area contributed by atoms with E-state index in [-0.39, 0.29) is 12.5 Å². The summed E-state index contributed by atoms with van der Waals surface area (Å²) >= 11 is 0.